The van der Waals surface area contributed by atoms with Gasteiger partial charge in [0, 0.05) is 0 Å². The summed E-state index contributed by atoms with van der Waals surface area (Å²) in [5.74, 6) is 0.586. The number of hydrogen-bond donors (Lipinski definition) is 0. The average Bonchev–Trinajstić information content (AvgIpc) is 3.09. The van der Waals surface area contributed by atoms with Crippen molar-refractivity contribution in [3.05, 3.63) is 99.8 Å². The van der Waals surface area contributed by atoms with Crippen molar-refractivity contribution < 1.29 is 0 Å². The summed E-state index contributed by atoms with van der Waals surface area (Å²) in [4.78, 5) is 0. The molecule has 0 heterocycles. The van der Waals surface area contributed by atoms with Gasteiger partial charge in [-0.2, -0.15) is 0 Å². The maximum Gasteiger partial charge on any atom is 0.0843 e. The van der Waals surface area contributed by atoms with Crippen LogP contribution in [0, 0.1) is 5.92 Å². The van der Waals surface area contributed by atoms with Crippen molar-refractivity contribution in [2.45, 2.75) is 80.1 Å². The van der Waals surface area contributed by atoms with Crippen LogP contribution < -0.4 is 5.19 Å². The molecule has 0 aromatic heterocycles. The summed E-state index contributed by atoms with van der Waals surface area (Å²) >= 11 is 0. The lowest BCUT2D eigenvalue weighted by atomic mass is 9.92. The van der Waals surface area contributed by atoms with Crippen LogP contribution in [0.15, 0.2) is 88.6 Å². The van der Waals surface area contributed by atoms with Gasteiger partial charge in [-0.05, 0) is 91.3 Å². The molecule has 0 aliphatic heterocycles. The van der Waals surface area contributed by atoms with E-state index in [0.29, 0.717) is 5.92 Å². The summed E-state index contributed by atoms with van der Waals surface area (Å²) in [6.45, 7) is 14.0. The topological polar surface area (TPSA) is 0 Å². The normalized spacial score (nSPS) is 16.1. The Morgan fingerprint density at radius 1 is 0.667 bits per heavy atom. The van der Waals surface area contributed by atoms with Gasteiger partial charge in [0.25, 0.3) is 0 Å². The van der Waals surface area contributed by atoms with Crippen molar-refractivity contribution in [2.24, 2.45) is 5.92 Å². The Balaban J connectivity index is 1.78. The maximum absolute atomic E-state index is 2.42. The molecule has 3 aromatic carbocycles. The van der Waals surface area contributed by atoms with E-state index in [0.717, 1.165) is 0 Å². The van der Waals surface area contributed by atoms with E-state index in [1.807, 2.05) is 0 Å². The number of rotatable bonds is 10. The van der Waals surface area contributed by atoms with Crippen molar-refractivity contribution in [1.29, 1.82) is 0 Å². The van der Waals surface area contributed by atoms with Crippen LogP contribution in [0.4, 0.5) is 0 Å². The molecule has 0 saturated heterocycles. The molecule has 0 nitrogen and oxygen atoms in total. The minimum Gasteiger partial charge on any atom is -0.0727 e. The predicted octanol–water partition coefficient (Wildman–Crippen LogP) is 8.76. The van der Waals surface area contributed by atoms with E-state index in [9.17, 15) is 0 Å². The first kappa shape index (κ1) is 26.4. The van der Waals surface area contributed by atoms with Crippen LogP contribution in [0.25, 0.3) is 22.3 Å². The summed E-state index contributed by atoms with van der Waals surface area (Å²) in [6.07, 6.45) is 7.35. The van der Waals surface area contributed by atoms with E-state index in [4.69, 9.17) is 0 Å². The van der Waals surface area contributed by atoms with Crippen molar-refractivity contribution in [3.63, 3.8) is 0 Å². The van der Waals surface area contributed by atoms with Crippen LogP contribution in [0.1, 0.15) is 78.4 Å². The zero-order valence-corrected chi connectivity index (χ0v) is 24.8. The smallest absolute Gasteiger partial charge is 0.0727 e. The largest absolute Gasteiger partial charge is 0.0843 e. The first-order chi connectivity index (χ1) is 17.4. The number of benzene rings is 3. The molecule has 0 spiro atoms. The number of allylic oxidation sites excluding steroid dienone is 4. The molecule has 1 atom stereocenters. The van der Waals surface area contributed by atoms with Gasteiger partial charge in [-0.25, -0.2) is 0 Å². The van der Waals surface area contributed by atoms with Crippen LogP contribution in [0.5, 0.6) is 0 Å². The highest BCUT2D eigenvalue weighted by Gasteiger charge is 2.25. The second-order valence-corrected chi connectivity index (χ2v) is 12.7. The number of aryl methyl sites for hydroxylation is 2. The second kappa shape index (κ2) is 12.1. The fraction of sp³-hybridized carbons (Fsp3) is 0.371. The molecule has 1 aliphatic carbocycles. The van der Waals surface area contributed by atoms with Gasteiger partial charge in [-0.3, -0.25) is 0 Å². The molecule has 0 amide bonds. The lowest BCUT2D eigenvalue weighted by molar-refractivity contribution is 0.795. The Kier molecular flexibility index (Phi) is 8.85. The third-order valence-corrected chi connectivity index (χ3v) is 11.0. The van der Waals surface area contributed by atoms with Crippen LogP contribution in [-0.2, 0) is 12.8 Å². The Hall–Kier alpha value is -2.64. The lowest BCUT2D eigenvalue weighted by Gasteiger charge is -2.19. The van der Waals surface area contributed by atoms with Gasteiger partial charge >= 0.3 is 0 Å². The summed E-state index contributed by atoms with van der Waals surface area (Å²) in [5.41, 5.74) is 13.1. The summed E-state index contributed by atoms with van der Waals surface area (Å²) < 4.78 is 0. The summed E-state index contributed by atoms with van der Waals surface area (Å²) in [6, 6.07) is 25.9. The highest BCUT2D eigenvalue weighted by Crippen LogP contribution is 2.37. The second-order valence-electron chi connectivity index (χ2n) is 10.8. The zero-order chi connectivity index (χ0) is 25.7. The number of unbranched alkanes of at least 4 members (excludes halogenated alkanes) is 2. The van der Waals surface area contributed by atoms with Crippen LogP contribution in [-0.4, -0.2) is 9.52 Å². The molecular weight excluding hydrogens is 448 g/mol. The van der Waals surface area contributed by atoms with Crippen LogP contribution in [0.2, 0.25) is 0 Å². The lowest BCUT2D eigenvalue weighted by Crippen LogP contribution is -2.23. The molecule has 0 N–H and O–H groups in total. The highest BCUT2D eigenvalue weighted by molar-refractivity contribution is 6.63. The van der Waals surface area contributed by atoms with Crippen molar-refractivity contribution in [2.75, 3.05) is 0 Å². The fourth-order valence-corrected chi connectivity index (χ4v) is 8.10. The molecule has 4 rings (SSSR count). The van der Waals surface area contributed by atoms with Crippen molar-refractivity contribution in [3.8, 4) is 22.3 Å². The van der Waals surface area contributed by atoms with E-state index < -0.39 is 9.52 Å². The van der Waals surface area contributed by atoms with Crippen LogP contribution in [0.3, 0.4) is 0 Å². The van der Waals surface area contributed by atoms with E-state index >= 15 is 0 Å². The molecule has 3 aromatic rings. The van der Waals surface area contributed by atoms with E-state index in [1.165, 1.54) is 77.5 Å². The zero-order valence-electron chi connectivity index (χ0n) is 23.4. The molecule has 1 aliphatic rings. The third-order valence-electron chi connectivity index (χ3n) is 8.49. The average molecular weight is 493 g/mol. The van der Waals surface area contributed by atoms with Gasteiger partial charge in [-0.1, -0.05) is 122 Å². The van der Waals surface area contributed by atoms with E-state index in [1.54, 1.807) is 21.5 Å². The maximum atomic E-state index is 2.42. The Morgan fingerprint density at radius 3 is 1.72 bits per heavy atom. The van der Waals surface area contributed by atoms with Gasteiger partial charge in [0.1, 0.15) is 0 Å². The van der Waals surface area contributed by atoms with Gasteiger partial charge in [0.05, 0.1) is 9.52 Å². The standard InChI is InChI=1S/C35H44Si/c1-7-9-12-28-16-20-30(21-17-28)32-14-11-15-33(36-35-26(5)24(3)25(4)27(35)6)34(32)31-22-18-29(19-23-31)13-10-8-2/h11,14-23,26H,7-10,12-13,36H2,1-6H3. The molecule has 0 fully saturated rings. The monoisotopic (exact) mass is 492 g/mol. The first-order valence-corrected chi connectivity index (χ1v) is 15.5. The predicted molar refractivity (Wildman–Crippen MR) is 163 cm³/mol. The molecule has 36 heavy (non-hydrogen) atoms. The summed E-state index contributed by atoms with van der Waals surface area (Å²) in [5, 5.41) is 3.30. The molecule has 0 bridgehead atoms. The van der Waals surface area contributed by atoms with E-state index in [2.05, 4.69) is 108 Å². The quantitative estimate of drug-likeness (QED) is 0.248. The summed E-state index contributed by atoms with van der Waals surface area (Å²) in [7, 11) is -0.597. The fourth-order valence-electron chi connectivity index (χ4n) is 5.72. The van der Waals surface area contributed by atoms with Gasteiger partial charge < -0.3 is 0 Å². The van der Waals surface area contributed by atoms with E-state index in [-0.39, 0.29) is 0 Å². The molecule has 1 heteroatoms. The highest BCUT2D eigenvalue weighted by atomic mass is 28.2. The Bertz CT molecular complexity index is 1240. The Labute approximate surface area is 222 Å². The third kappa shape index (κ3) is 5.68. The molecular formula is C35H44Si. The van der Waals surface area contributed by atoms with Gasteiger partial charge in [0.2, 0.25) is 0 Å². The number of hydrogen-bond acceptors (Lipinski definition) is 0. The molecule has 0 radical (unpaired) electrons. The first-order valence-electron chi connectivity index (χ1n) is 14.1. The SMILES string of the molecule is CCCCc1ccc(-c2cccc([SiH2]C3=C(C)C(C)=C(C)C3C)c2-c2ccc(CCCC)cc2)cc1. The van der Waals surface area contributed by atoms with Gasteiger partial charge in [0.15, 0.2) is 0 Å². The Morgan fingerprint density at radius 2 is 1.22 bits per heavy atom. The molecule has 188 valence electrons. The molecule has 0 saturated carbocycles. The van der Waals surface area contributed by atoms with Gasteiger partial charge in [-0.15, -0.1) is 0 Å². The minimum absolute atomic E-state index is 0.586. The minimum atomic E-state index is -0.597. The van der Waals surface area contributed by atoms with Crippen molar-refractivity contribution in [1.82, 2.24) is 0 Å². The van der Waals surface area contributed by atoms with Crippen molar-refractivity contribution >= 4 is 14.7 Å². The molecule has 1 unspecified atom stereocenters. The van der Waals surface area contributed by atoms with Crippen LogP contribution >= 0.6 is 0 Å².